The number of nitrogens with zero attached hydrogens (tertiary/aromatic N) is 1. The predicted octanol–water partition coefficient (Wildman–Crippen LogP) is 4.56. The summed E-state index contributed by atoms with van der Waals surface area (Å²) in [7, 11) is 3.74. The Balaban J connectivity index is 1.80. The van der Waals surface area contributed by atoms with E-state index < -0.39 is 83.4 Å². The van der Waals surface area contributed by atoms with E-state index in [1.54, 1.807) is 41.5 Å². The summed E-state index contributed by atoms with van der Waals surface area (Å²) in [4.78, 5) is 56.9. The average Bonchev–Trinajstić information content (AvgIpc) is 3.41. The second-order valence-electron chi connectivity index (χ2n) is 15.3. The van der Waals surface area contributed by atoms with Crippen molar-refractivity contribution in [2.45, 2.75) is 129 Å². The van der Waals surface area contributed by atoms with E-state index in [1.165, 1.54) is 6.92 Å². The molecule has 0 saturated carbocycles. The van der Waals surface area contributed by atoms with Gasteiger partial charge in [-0.1, -0.05) is 70.2 Å². The van der Waals surface area contributed by atoms with Gasteiger partial charge in [-0.05, 0) is 66.6 Å². The number of ketones is 2. The number of esters is 1. The Kier molecular flexibility index (Phi) is 13.3. The zero-order chi connectivity index (χ0) is 37.8. The highest BCUT2D eigenvalue weighted by atomic mass is 16.7. The van der Waals surface area contributed by atoms with Gasteiger partial charge in [0.05, 0.1) is 30.5 Å². The monoisotopic (exact) mass is 714 g/mol. The maximum atomic E-state index is 14.3. The van der Waals surface area contributed by atoms with Crippen LogP contribution in [0.25, 0.3) is 6.08 Å². The van der Waals surface area contributed by atoms with Gasteiger partial charge in [0.2, 0.25) is 0 Å². The van der Waals surface area contributed by atoms with Crippen LogP contribution in [0.1, 0.15) is 80.2 Å². The zero-order valence-electron chi connectivity index (χ0n) is 31.8. The smallest absolute Gasteiger partial charge is 0.408 e. The lowest BCUT2D eigenvalue weighted by Gasteiger charge is -2.47. The van der Waals surface area contributed by atoms with E-state index in [-0.39, 0.29) is 37.4 Å². The first-order valence-electron chi connectivity index (χ1n) is 18.2. The number of rotatable bonds is 8. The van der Waals surface area contributed by atoms with Crippen molar-refractivity contribution in [1.82, 2.24) is 10.2 Å². The van der Waals surface area contributed by atoms with Crippen LogP contribution in [0, 0.1) is 23.7 Å². The number of cyclic esters (lactones) is 1. The Bertz CT molecular complexity index is 1420. The molecule has 12 heteroatoms. The second kappa shape index (κ2) is 16.7. The number of Topliss-reactive ketones (excluding diaryl/α,β-unsaturated/α-hetero) is 2. The zero-order valence-corrected chi connectivity index (χ0v) is 31.8. The molecule has 51 heavy (non-hydrogen) atoms. The van der Waals surface area contributed by atoms with Gasteiger partial charge in [0.1, 0.15) is 23.9 Å². The third kappa shape index (κ3) is 8.90. The second-order valence-corrected chi connectivity index (χ2v) is 15.3. The lowest BCUT2D eigenvalue weighted by molar-refractivity contribution is -0.296. The first kappa shape index (κ1) is 40.6. The topological polar surface area (TPSA) is 150 Å². The fraction of sp³-hybridized carbons (Fsp3) is 0.692. The van der Waals surface area contributed by atoms with E-state index in [1.807, 2.05) is 68.4 Å². The number of benzene rings is 1. The Morgan fingerprint density at radius 2 is 1.67 bits per heavy atom. The summed E-state index contributed by atoms with van der Waals surface area (Å²) in [6.45, 7) is 13.9. The van der Waals surface area contributed by atoms with Crippen LogP contribution in [0.3, 0.4) is 0 Å². The van der Waals surface area contributed by atoms with Gasteiger partial charge in [-0.2, -0.15) is 0 Å². The Morgan fingerprint density at radius 1 is 1.00 bits per heavy atom. The van der Waals surface area contributed by atoms with Crippen LogP contribution in [-0.2, 0) is 38.1 Å². The number of carbonyl (C=O) groups is 4. The fourth-order valence-electron chi connectivity index (χ4n) is 8.11. The van der Waals surface area contributed by atoms with Crippen molar-refractivity contribution in [1.29, 1.82) is 0 Å². The summed E-state index contributed by atoms with van der Waals surface area (Å²) in [5, 5.41) is 14.3. The Labute approximate surface area is 302 Å². The highest BCUT2D eigenvalue weighted by molar-refractivity contribution is 6.00. The number of nitrogens with one attached hydrogen (secondary N) is 1. The van der Waals surface area contributed by atoms with Gasteiger partial charge in [-0.3, -0.25) is 14.4 Å². The van der Waals surface area contributed by atoms with Crippen LogP contribution in [0.4, 0.5) is 4.79 Å². The van der Waals surface area contributed by atoms with E-state index in [2.05, 4.69) is 5.32 Å². The number of amides is 1. The van der Waals surface area contributed by atoms with E-state index in [9.17, 15) is 24.3 Å². The quantitative estimate of drug-likeness (QED) is 0.288. The van der Waals surface area contributed by atoms with Gasteiger partial charge in [0, 0.05) is 23.8 Å². The summed E-state index contributed by atoms with van der Waals surface area (Å²) < 4.78 is 31.2. The van der Waals surface area contributed by atoms with Crippen LogP contribution in [0.5, 0.6) is 0 Å². The Morgan fingerprint density at radius 3 is 2.29 bits per heavy atom. The largest absolute Gasteiger partial charge is 0.458 e. The number of aliphatic hydroxyl groups excluding tert-OH is 1. The lowest BCUT2D eigenvalue weighted by Crippen LogP contribution is -2.60. The molecule has 3 aliphatic rings. The van der Waals surface area contributed by atoms with E-state index in [0.29, 0.717) is 6.42 Å². The third-order valence-corrected chi connectivity index (χ3v) is 11.1. The van der Waals surface area contributed by atoms with Gasteiger partial charge in [-0.15, -0.1) is 0 Å². The summed E-state index contributed by atoms with van der Waals surface area (Å²) >= 11 is 0. The minimum atomic E-state index is -1.36. The molecule has 0 aromatic heterocycles. The number of likely N-dealkylation sites (N-methyl/N-ethyl adjacent to an activating group) is 1. The molecule has 12 nitrogen and oxygen atoms in total. The number of carbonyl (C=O) groups excluding carboxylic acids is 4. The molecule has 0 bridgehead atoms. The third-order valence-electron chi connectivity index (χ3n) is 11.1. The SMILES string of the molecule is CC[C@@H]1OC(=O)[C@H](C)C(=O)[C@H](C)[C@@H](O[C@@H]2O[C@H](C)C[C@H](N(C)C)[C@H]2O)[C@@](C)(OC/C=C/c2ccccc2)C[C@@H](C)C(=O)[C@@H](C)[C@H]2NC(=O)O[C@]12C. The van der Waals surface area contributed by atoms with Gasteiger partial charge in [-0.25, -0.2) is 4.79 Å². The van der Waals surface area contributed by atoms with Crippen LogP contribution < -0.4 is 5.32 Å². The normalized spacial score (nSPS) is 40.0. The molecular formula is C39H58N2O10. The first-order valence-corrected chi connectivity index (χ1v) is 18.2. The van der Waals surface area contributed by atoms with Crippen molar-refractivity contribution in [2.75, 3.05) is 20.7 Å². The lowest BCUT2D eigenvalue weighted by atomic mass is 9.73. The van der Waals surface area contributed by atoms with Gasteiger partial charge >= 0.3 is 12.1 Å². The van der Waals surface area contributed by atoms with Crippen molar-refractivity contribution in [3.63, 3.8) is 0 Å². The number of hydrogen-bond acceptors (Lipinski definition) is 11. The molecule has 1 amide bonds. The highest BCUT2D eigenvalue weighted by Crippen LogP contribution is 2.40. The summed E-state index contributed by atoms with van der Waals surface area (Å²) in [6.07, 6.45) is -0.470. The summed E-state index contributed by atoms with van der Waals surface area (Å²) in [5.41, 5.74) is -1.72. The Hall–Kier alpha value is -3.16. The number of aliphatic hydroxyl groups is 1. The molecule has 3 heterocycles. The molecule has 0 unspecified atom stereocenters. The van der Waals surface area contributed by atoms with Gasteiger partial charge < -0.3 is 39.0 Å². The maximum Gasteiger partial charge on any atom is 0.408 e. The van der Waals surface area contributed by atoms with Crippen LogP contribution in [0.2, 0.25) is 0 Å². The highest BCUT2D eigenvalue weighted by Gasteiger charge is 2.57. The van der Waals surface area contributed by atoms with Crippen molar-refractivity contribution >= 4 is 29.7 Å². The van der Waals surface area contributed by atoms with E-state index >= 15 is 0 Å². The van der Waals surface area contributed by atoms with Crippen LogP contribution in [0.15, 0.2) is 36.4 Å². The van der Waals surface area contributed by atoms with E-state index in [4.69, 9.17) is 23.7 Å². The first-order chi connectivity index (χ1) is 23.9. The molecule has 0 radical (unpaired) electrons. The summed E-state index contributed by atoms with van der Waals surface area (Å²) in [6, 6.07) is 8.61. The van der Waals surface area contributed by atoms with Gasteiger partial charge in [0.15, 0.2) is 17.7 Å². The van der Waals surface area contributed by atoms with Crippen LogP contribution >= 0.6 is 0 Å². The molecule has 0 aliphatic carbocycles. The van der Waals surface area contributed by atoms with Crippen molar-refractivity contribution in [3.05, 3.63) is 42.0 Å². The minimum Gasteiger partial charge on any atom is -0.458 e. The van der Waals surface area contributed by atoms with E-state index in [0.717, 1.165) is 5.56 Å². The molecule has 13 atom stereocenters. The van der Waals surface area contributed by atoms with Crippen molar-refractivity contribution in [3.8, 4) is 0 Å². The summed E-state index contributed by atoms with van der Waals surface area (Å²) in [5.74, 6) is -5.01. The minimum absolute atomic E-state index is 0.105. The number of fused-ring (bicyclic) bond motifs is 1. The predicted molar refractivity (Wildman–Crippen MR) is 190 cm³/mol. The molecule has 1 aromatic carbocycles. The van der Waals surface area contributed by atoms with Gasteiger partial charge in [0.25, 0.3) is 0 Å². The number of hydrogen-bond donors (Lipinski definition) is 2. The van der Waals surface area contributed by atoms with Crippen molar-refractivity contribution < 1.29 is 48.0 Å². The fourth-order valence-corrected chi connectivity index (χ4v) is 8.11. The number of alkyl carbamates (subject to hydrolysis) is 1. The standard InChI is InChI=1S/C39H58N2O10/c1-11-29-39(8)33(40-37(46)51-39)24(4)30(42)22(2)21-38(7,47-19-15-18-27-16-13-12-14-17-27)34(25(5)31(43)26(6)35(45)49-29)50-36-32(44)28(41(9)10)20-23(3)48-36/h12-18,22-26,28-29,32-34,36,44H,11,19-21H2,1-10H3,(H,40,46)/b18-15+/t22-,23-,24-,25+,26-,28+,29+,32-,33-,34-,36+,38+,39-/m1/s1. The molecule has 4 rings (SSSR count). The molecule has 3 fully saturated rings. The van der Waals surface area contributed by atoms with Crippen molar-refractivity contribution in [2.24, 2.45) is 23.7 Å². The molecular weight excluding hydrogens is 656 g/mol. The molecule has 1 aromatic rings. The molecule has 3 saturated heterocycles. The molecule has 2 N–H and O–H groups in total. The molecule has 3 aliphatic heterocycles. The maximum absolute atomic E-state index is 14.3. The molecule has 0 spiro atoms. The number of ether oxygens (including phenoxy) is 5. The average molecular weight is 715 g/mol. The molecule has 284 valence electrons. The van der Waals surface area contributed by atoms with Crippen LogP contribution in [-0.4, -0.2) is 108 Å².